The van der Waals surface area contributed by atoms with Crippen molar-refractivity contribution in [1.82, 2.24) is 14.9 Å². The van der Waals surface area contributed by atoms with E-state index in [0.29, 0.717) is 33.3 Å². The van der Waals surface area contributed by atoms with Gasteiger partial charge in [-0.1, -0.05) is 29.5 Å². The Kier molecular flexibility index (Phi) is 8.50. The summed E-state index contributed by atoms with van der Waals surface area (Å²) in [5.41, 5.74) is 1.91. The van der Waals surface area contributed by atoms with Crippen molar-refractivity contribution in [2.75, 3.05) is 31.3 Å². The van der Waals surface area contributed by atoms with Gasteiger partial charge in [0.05, 0.1) is 36.7 Å². The van der Waals surface area contributed by atoms with Crippen LogP contribution >= 0.6 is 11.6 Å². The van der Waals surface area contributed by atoms with Gasteiger partial charge in [-0.2, -0.15) is 13.2 Å². The number of imidazole rings is 1. The maximum Gasteiger partial charge on any atom is 0.406 e. The molecule has 0 aliphatic rings. The molecule has 3 N–H and O–H groups in total. The fourth-order valence-electron chi connectivity index (χ4n) is 3.91. The van der Waals surface area contributed by atoms with E-state index in [1.165, 1.54) is 26.3 Å². The number of aromatic nitrogens is 2. The number of fused-ring (bicyclic) bond motifs is 1. The lowest BCUT2D eigenvalue weighted by molar-refractivity contribution is -0.139. The summed E-state index contributed by atoms with van der Waals surface area (Å²) >= 11 is 6.00. The van der Waals surface area contributed by atoms with Crippen molar-refractivity contribution in [1.29, 1.82) is 0 Å². The molecule has 3 aromatic carbocycles. The summed E-state index contributed by atoms with van der Waals surface area (Å²) in [4.78, 5) is 29.2. The lowest BCUT2D eigenvalue weighted by atomic mass is 10.1. The lowest BCUT2D eigenvalue weighted by Gasteiger charge is -2.11. The minimum Gasteiger partial charge on any atom is -0.495 e. The number of rotatable bonds is 7. The van der Waals surface area contributed by atoms with Crippen LogP contribution < -0.4 is 20.7 Å². The molecule has 4 rings (SSSR count). The fraction of sp³-hybridized carbons (Fsp3) is 0.179. The maximum atomic E-state index is 13.2. The summed E-state index contributed by atoms with van der Waals surface area (Å²) in [6, 6.07) is 14.2. The van der Waals surface area contributed by atoms with Crippen LogP contribution in [-0.2, 0) is 6.54 Å². The largest absolute Gasteiger partial charge is 0.495 e. The second-order valence-corrected chi connectivity index (χ2v) is 8.93. The number of anilines is 2. The Morgan fingerprint density at radius 3 is 2.60 bits per heavy atom. The van der Waals surface area contributed by atoms with Gasteiger partial charge in [-0.3, -0.25) is 9.59 Å². The van der Waals surface area contributed by atoms with Crippen molar-refractivity contribution >= 4 is 45.8 Å². The topological polar surface area (TPSA) is 97.3 Å². The van der Waals surface area contributed by atoms with Crippen LogP contribution in [0.15, 0.2) is 60.9 Å². The quantitative estimate of drug-likeness (QED) is 0.261. The van der Waals surface area contributed by atoms with Crippen molar-refractivity contribution in [3.63, 3.8) is 0 Å². The van der Waals surface area contributed by atoms with Gasteiger partial charge < -0.3 is 25.3 Å². The van der Waals surface area contributed by atoms with Gasteiger partial charge in [-0.25, -0.2) is 4.98 Å². The number of carbonyl (C=O) groups is 2. The SMILES string of the molecule is CNC(=O)c1ccc(OC)c(NCC#Cc2cc(C(=O)Nc3cccc(Cl)c3)c3ncn(CC(F)(F)F)c3c2)c1. The molecule has 0 radical (unpaired) electrons. The first-order chi connectivity index (χ1) is 19.1. The van der Waals surface area contributed by atoms with Crippen molar-refractivity contribution in [2.45, 2.75) is 12.7 Å². The first-order valence-electron chi connectivity index (χ1n) is 11.8. The van der Waals surface area contributed by atoms with Gasteiger partial charge >= 0.3 is 6.18 Å². The maximum absolute atomic E-state index is 13.2. The van der Waals surface area contributed by atoms with E-state index in [-0.39, 0.29) is 29.0 Å². The molecule has 1 aromatic heterocycles. The summed E-state index contributed by atoms with van der Waals surface area (Å²) in [5.74, 6) is 5.42. The number of carbonyl (C=O) groups excluding carboxylic acids is 2. The Balaban J connectivity index is 1.65. The first kappa shape index (κ1) is 28.3. The molecule has 0 spiro atoms. The van der Waals surface area contributed by atoms with Gasteiger partial charge in [0.15, 0.2) is 0 Å². The number of nitrogens with one attached hydrogen (secondary N) is 3. The average molecular weight is 570 g/mol. The smallest absolute Gasteiger partial charge is 0.406 e. The number of benzene rings is 3. The highest BCUT2D eigenvalue weighted by Crippen LogP contribution is 2.27. The van der Waals surface area contributed by atoms with E-state index < -0.39 is 18.6 Å². The standard InChI is InChI=1S/C28H23ClF3N5O3/c1-33-26(38)18-8-9-24(40-2)22(13-18)34-10-4-5-17-11-21(27(39)36-20-7-3-6-19(29)14-20)25-23(12-17)37(16-35-25)15-28(30,31)32/h3,6-9,11-14,16,34H,10,15H2,1-2H3,(H,33,38)(H,36,39). The van der Waals surface area contributed by atoms with E-state index in [0.717, 1.165) is 10.9 Å². The third-order valence-corrected chi connectivity index (χ3v) is 5.93. The van der Waals surface area contributed by atoms with Crippen molar-refractivity contribution in [3.05, 3.63) is 82.6 Å². The molecule has 8 nitrogen and oxygen atoms in total. The number of methoxy groups -OCH3 is 1. The van der Waals surface area contributed by atoms with Gasteiger partial charge in [0.2, 0.25) is 0 Å². The molecular weight excluding hydrogens is 547 g/mol. The molecule has 40 heavy (non-hydrogen) atoms. The van der Waals surface area contributed by atoms with E-state index in [1.54, 1.807) is 42.5 Å². The highest BCUT2D eigenvalue weighted by molar-refractivity contribution is 6.31. The Labute approximate surface area is 232 Å². The molecule has 4 aromatic rings. The number of hydrogen-bond acceptors (Lipinski definition) is 5. The third-order valence-electron chi connectivity index (χ3n) is 5.69. The lowest BCUT2D eigenvalue weighted by Crippen LogP contribution is -2.18. The third kappa shape index (κ3) is 6.84. The normalized spacial score (nSPS) is 10.9. The molecule has 0 atom stereocenters. The number of amides is 2. The molecular formula is C28H23ClF3N5O3. The zero-order valence-electron chi connectivity index (χ0n) is 21.3. The first-order valence-corrected chi connectivity index (χ1v) is 12.2. The Morgan fingerprint density at radius 1 is 1.10 bits per heavy atom. The van der Waals surface area contributed by atoms with Gasteiger partial charge in [0.25, 0.3) is 11.8 Å². The van der Waals surface area contributed by atoms with Crippen LogP contribution in [0.1, 0.15) is 26.3 Å². The summed E-state index contributed by atoms with van der Waals surface area (Å²) in [5, 5.41) is 8.71. The van der Waals surface area contributed by atoms with Crippen LogP contribution in [0, 0.1) is 11.8 Å². The molecule has 0 unspecified atom stereocenters. The molecule has 0 aliphatic carbocycles. The molecule has 0 bridgehead atoms. The van der Waals surface area contributed by atoms with Crippen molar-refractivity contribution in [3.8, 4) is 17.6 Å². The van der Waals surface area contributed by atoms with Crippen LogP contribution in [0.2, 0.25) is 5.02 Å². The molecule has 1 heterocycles. The van der Waals surface area contributed by atoms with Gasteiger partial charge in [-0.15, -0.1) is 0 Å². The Bertz CT molecular complexity index is 1640. The highest BCUT2D eigenvalue weighted by atomic mass is 35.5. The van der Waals surface area contributed by atoms with Crippen LogP contribution in [0.25, 0.3) is 11.0 Å². The fourth-order valence-corrected chi connectivity index (χ4v) is 4.10. The predicted molar refractivity (Wildman–Crippen MR) is 147 cm³/mol. The van der Waals surface area contributed by atoms with Crippen LogP contribution in [0.3, 0.4) is 0 Å². The van der Waals surface area contributed by atoms with E-state index in [1.807, 2.05) is 0 Å². The zero-order valence-corrected chi connectivity index (χ0v) is 22.1. The van der Waals surface area contributed by atoms with Crippen molar-refractivity contribution < 1.29 is 27.5 Å². The van der Waals surface area contributed by atoms with Gasteiger partial charge in [-0.05, 0) is 48.5 Å². The van der Waals surface area contributed by atoms with E-state index >= 15 is 0 Å². The van der Waals surface area contributed by atoms with Crippen LogP contribution in [-0.4, -0.2) is 48.2 Å². The predicted octanol–water partition coefficient (Wildman–Crippen LogP) is 5.34. The number of hydrogen-bond donors (Lipinski definition) is 3. The minimum atomic E-state index is -4.50. The Morgan fingerprint density at radius 2 is 1.90 bits per heavy atom. The average Bonchev–Trinajstić information content (AvgIpc) is 3.30. The molecule has 12 heteroatoms. The molecule has 0 saturated heterocycles. The number of ether oxygens (including phenoxy) is 1. The highest BCUT2D eigenvalue weighted by Gasteiger charge is 2.29. The molecule has 0 fully saturated rings. The second kappa shape index (κ2) is 12.0. The zero-order chi connectivity index (χ0) is 28.9. The number of halogens is 4. The minimum absolute atomic E-state index is 0.0515. The summed E-state index contributed by atoms with van der Waals surface area (Å²) in [6.07, 6.45) is -3.45. The van der Waals surface area contributed by atoms with Gasteiger partial charge in [0, 0.05) is 28.9 Å². The van der Waals surface area contributed by atoms with Crippen LogP contribution in [0.4, 0.5) is 24.5 Å². The summed E-state index contributed by atoms with van der Waals surface area (Å²) in [6.45, 7) is -1.17. The summed E-state index contributed by atoms with van der Waals surface area (Å²) < 4.78 is 45.8. The van der Waals surface area contributed by atoms with Crippen LogP contribution in [0.5, 0.6) is 5.75 Å². The van der Waals surface area contributed by atoms with Gasteiger partial charge in [0.1, 0.15) is 17.8 Å². The molecule has 0 aliphatic heterocycles. The molecule has 206 valence electrons. The molecule has 0 saturated carbocycles. The Hall–Kier alpha value is -4.69. The second-order valence-electron chi connectivity index (χ2n) is 8.49. The van der Waals surface area contributed by atoms with E-state index in [2.05, 4.69) is 32.8 Å². The molecule has 2 amide bonds. The van der Waals surface area contributed by atoms with E-state index in [9.17, 15) is 22.8 Å². The number of alkyl halides is 3. The van der Waals surface area contributed by atoms with E-state index in [4.69, 9.17) is 16.3 Å². The monoisotopic (exact) mass is 569 g/mol. The summed E-state index contributed by atoms with van der Waals surface area (Å²) in [7, 11) is 3.01. The van der Waals surface area contributed by atoms with Crippen molar-refractivity contribution in [2.24, 2.45) is 0 Å². The number of nitrogens with zero attached hydrogens (tertiary/aromatic N) is 2.